The topological polar surface area (TPSA) is 9.23 Å². The predicted octanol–water partition coefficient (Wildman–Crippen LogP) is 4.22. The largest absolute Gasteiger partial charge is 0.489 e. The predicted molar refractivity (Wildman–Crippen MR) is 66.9 cm³/mol. The first-order valence-corrected chi connectivity index (χ1v) is 5.79. The van der Waals surface area contributed by atoms with E-state index in [0.717, 1.165) is 12.2 Å². The van der Waals surface area contributed by atoms with Crippen LogP contribution in [0.4, 0.5) is 0 Å². The van der Waals surface area contributed by atoms with Gasteiger partial charge < -0.3 is 4.74 Å². The van der Waals surface area contributed by atoms with Crippen molar-refractivity contribution in [1.29, 1.82) is 0 Å². The van der Waals surface area contributed by atoms with Crippen LogP contribution in [0.5, 0.6) is 0 Å². The molecule has 1 aromatic carbocycles. The summed E-state index contributed by atoms with van der Waals surface area (Å²) in [5.41, 5.74) is 4.00. The zero-order valence-electron chi connectivity index (χ0n) is 9.99. The summed E-state index contributed by atoms with van der Waals surface area (Å²) in [6.07, 6.45) is 4.47. The maximum absolute atomic E-state index is 5.85. The summed E-state index contributed by atoms with van der Waals surface area (Å²) >= 11 is 0. The average molecular weight is 214 g/mol. The van der Waals surface area contributed by atoms with Crippen molar-refractivity contribution in [3.05, 3.63) is 58.9 Å². The number of hydrogen-bond acceptors (Lipinski definition) is 1. The fourth-order valence-corrected chi connectivity index (χ4v) is 1.83. The summed E-state index contributed by atoms with van der Waals surface area (Å²) < 4.78 is 5.85. The summed E-state index contributed by atoms with van der Waals surface area (Å²) in [6, 6.07) is 10.3. The van der Waals surface area contributed by atoms with E-state index < -0.39 is 0 Å². The van der Waals surface area contributed by atoms with E-state index in [1.165, 1.54) is 23.1 Å². The van der Waals surface area contributed by atoms with E-state index in [1.807, 2.05) is 18.2 Å². The Labute approximate surface area is 97.4 Å². The molecule has 0 N–H and O–H groups in total. The number of rotatable bonds is 3. The molecule has 0 fully saturated rings. The minimum atomic E-state index is 0.664. The molecule has 16 heavy (non-hydrogen) atoms. The van der Waals surface area contributed by atoms with E-state index >= 15 is 0 Å². The molecule has 84 valence electrons. The fraction of sp³-hybridized carbons (Fsp3) is 0.333. The van der Waals surface area contributed by atoms with Crippen LogP contribution < -0.4 is 0 Å². The van der Waals surface area contributed by atoms with Gasteiger partial charge in [0, 0.05) is 0 Å². The zero-order valence-corrected chi connectivity index (χ0v) is 9.99. The molecule has 0 unspecified atom stereocenters. The van der Waals surface area contributed by atoms with E-state index in [2.05, 4.69) is 32.1 Å². The lowest BCUT2D eigenvalue weighted by atomic mass is 9.99. The van der Waals surface area contributed by atoms with Gasteiger partial charge >= 0.3 is 0 Å². The second kappa shape index (κ2) is 5.02. The molecule has 0 spiro atoms. The van der Waals surface area contributed by atoms with Gasteiger partial charge in [0.05, 0.1) is 0 Å². The highest BCUT2D eigenvalue weighted by Crippen LogP contribution is 2.24. The Balaban J connectivity index is 2.01. The normalized spacial score (nSPS) is 16.0. The molecule has 0 aliphatic heterocycles. The molecule has 0 saturated carbocycles. The Bertz CT molecular complexity index is 412. The van der Waals surface area contributed by atoms with Gasteiger partial charge in [-0.25, -0.2) is 0 Å². The zero-order chi connectivity index (χ0) is 11.4. The van der Waals surface area contributed by atoms with Gasteiger partial charge in [-0.3, -0.25) is 0 Å². The van der Waals surface area contributed by atoms with Crippen LogP contribution in [-0.2, 0) is 11.3 Å². The van der Waals surface area contributed by atoms with E-state index in [0.29, 0.717) is 6.61 Å². The van der Waals surface area contributed by atoms with Crippen molar-refractivity contribution in [3.8, 4) is 0 Å². The van der Waals surface area contributed by atoms with E-state index in [1.54, 1.807) is 0 Å². The highest BCUT2D eigenvalue weighted by atomic mass is 16.5. The molecule has 2 rings (SSSR count). The Kier molecular flexibility index (Phi) is 3.45. The lowest BCUT2D eigenvalue weighted by molar-refractivity contribution is 0.205. The quantitative estimate of drug-likeness (QED) is 0.732. The number of hydrogen-bond donors (Lipinski definition) is 0. The second-order valence-corrected chi connectivity index (χ2v) is 4.41. The molecule has 0 radical (unpaired) electrons. The van der Waals surface area contributed by atoms with Crippen LogP contribution in [0.15, 0.2) is 53.3 Å². The first kappa shape index (κ1) is 11.0. The third kappa shape index (κ3) is 2.75. The SMILES string of the molecule is CC1=CC(OCc2ccccc2)=C(C)CC1. The Hall–Kier alpha value is -1.50. The fourth-order valence-electron chi connectivity index (χ4n) is 1.83. The van der Waals surface area contributed by atoms with Crippen molar-refractivity contribution < 1.29 is 4.74 Å². The molecule has 1 aliphatic carbocycles. The molecule has 0 aromatic heterocycles. The maximum atomic E-state index is 5.85. The number of benzene rings is 1. The van der Waals surface area contributed by atoms with Gasteiger partial charge in [0.15, 0.2) is 0 Å². The van der Waals surface area contributed by atoms with Gasteiger partial charge in [0.25, 0.3) is 0 Å². The molecule has 1 aliphatic rings. The van der Waals surface area contributed by atoms with E-state index in [-0.39, 0.29) is 0 Å². The number of ether oxygens (including phenoxy) is 1. The Morgan fingerprint density at radius 2 is 1.81 bits per heavy atom. The van der Waals surface area contributed by atoms with Crippen LogP contribution in [-0.4, -0.2) is 0 Å². The third-order valence-electron chi connectivity index (χ3n) is 2.93. The van der Waals surface area contributed by atoms with Gasteiger partial charge in [-0.15, -0.1) is 0 Å². The maximum Gasteiger partial charge on any atom is 0.118 e. The summed E-state index contributed by atoms with van der Waals surface area (Å²) in [4.78, 5) is 0. The highest BCUT2D eigenvalue weighted by Gasteiger charge is 2.08. The molecule has 0 saturated heterocycles. The highest BCUT2D eigenvalue weighted by molar-refractivity contribution is 5.28. The van der Waals surface area contributed by atoms with Gasteiger partial charge in [0.1, 0.15) is 12.4 Å². The van der Waals surface area contributed by atoms with Crippen LogP contribution >= 0.6 is 0 Å². The van der Waals surface area contributed by atoms with Crippen LogP contribution in [0.1, 0.15) is 32.3 Å². The van der Waals surface area contributed by atoms with Gasteiger partial charge in [-0.05, 0) is 43.9 Å². The van der Waals surface area contributed by atoms with Crippen LogP contribution in [0, 0.1) is 0 Å². The first-order valence-electron chi connectivity index (χ1n) is 5.79. The molecule has 1 nitrogen and oxygen atoms in total. The minimum Gasteiger partial charge on any atom is -0.489 e. The molecule has 1 heteroatoms. The monoisotopic (exact) mass is 214 g/mol. The minimum absolute atomic E-state index is 0.664. The summed E-state index contributed by atoms with van der Waals surface area (Å²) in [5, 5.41) is 0. The molecule has 0 bridgehead atoms. The standard InChI is InChI=1S/C15H18O/c1-12-8-9-13(2)15(10-12)16-11-14-6-4-3-5-7-14/h3-7,10H,8-9,11H2,1-2H3. The van der Waals surface area contributed by atoms with Gasteiger partial charge in [-0.2, -0.15) is 0 Å². The molecular weight excluding hydrogens is 196 g/mol. The lowest BCUT2D eigenvalue weighted by Gasteiger charge is -2.16. The average Bonchev–Trinajstić information content (AvgIpc) is 2.32. The van der Waals surface area contributed by atoms with E-state index in [9.17, 15) is 0 Å². The first-order chi connectivity index (χ1) is 7.75. The van der Waals surface area contributed by atoms with Crippen LogP contribution in [0.3, 0.4) is 0 Å². The molecule has 1 aromatic rings. The summed E-state index contributed by atoms with van der Waals surface area (Å²) in [7, 11) is 0. The van der Waals surface area contributed by atoms with Crippen LogP contribution in [0.25, 0.3) is 0 Å². The lowest BCUT2D eigenvalue weighted by Crippen LogP contribution is -2.00. The van der Waals surface area contributed by atoms with Crippen molar-refractivity contribution in [1.82, 2.24) is 0 Å². The smallest absolute Gasteiger partial charge is 0.118 e. The van der Waals surface area contributed by atoms with Gasteiger partial charge in [-0.1, -0.05) is 35.9 Å². The Morgan fingerprint density at radius 1 is 1.06 bits per heavy atom. The number of allylic oxidation sites excluding steroid dienone is 3. The molecule has 0 atom stereocenters. The molecule has 0 heterocycles. The van der Waals surface area contributed by atoms with Crippen LogP contribution in [0.2, 0.25) is 0 Å². The third-order valence-corrected chi connectivity index (χ3v) is 2.93. The molecule has 0 amide bonds. The van der Waals surface area contributed by atoms with Crippen molar-refractivity contribution in [2.24, 2.45) is 0 Å². The summed E-state index contributed by atoms with van der Waals surface area (Å²) in [6.45, 7) is 4.98. The van der Waals surface area contributed by atoms with Crippen molar-refractivity contribution in [3.63, 3.8) is 0 Å². The Morgan fingerprint density at radius 3 is 2.56 bits per heavy atom. The van der Waals surface area contributed by atoms with Crippen molar-refractivity contribution in [2.75, 3.05) is 0 Å². The van der Waals surface area contributed by atoms with Crippen molar-refractivity contribution in [2.45, 2.75) is 33.3 Å². The van der Waals surface area contributed by atoms with Gasteiger partial charge in [0.2, 0.25) is 0 Å². The van der Waals surface area contributed by atoms with Crippen molar-refractivity contribution >= 4 is 0 Å². The summed E-state index contributed by atoms with van der Waals surface area (Å²) in [5.74, 6) is 1.06. The van der Waals surface area contributed by atoms with E-state index in [4.69, 9.17) is 4.74 Å². The molecular formula is C15H18O. The second-order valence-electron chi connectivity index (χ2n) is 4.41.